The number of nitriles is 1. The third-order valence-electron chi connectivity index (χ3n) is 4.78. The van der Waals surface area contributed by atoms with Crippen LogP contribution in [0.1, 0.15) is 62.2 Å². The van der Waals surface area contributed by atoms with Gasteiger partial charge in [0.15, 0.2) is 17.1 Å². The molecule has 150 valence electrons. The monoisotopic (exact) mass is 406 g/mol. The van der Waals surface area contributed by atoms with Crippen LogP contribution in [0.15, 0.2) is 53.7 Å². The van der Waals surface area contributed by atoms with Gasteiger partial charge in [0.1, 0.15) is 5.75 Å². The predicted molar refractivity (Wildman–Crippen MR) is 116 cm³/mol. The zero-order chi connectivity index (χ0) is 20.8. The number of nitrogens with zero attached hydrogens (tertiary/aromatic N) is 4. The molecule has 1 unspecified atom stereocenters. The fourth-order valence-corrected chi connectivity index (χ4v) is 4.10. The lowest BCUT2D eigenvalue weighted by Crippen LogP contribution is -2.12. The summed E-state index contributed by atoms with van der Waals surface area (Å²) in [6.07, 6.45) is -0.215. The molecule has 0 aliphatic carbocycles. The number of aromatic nitrogens is 3. The molecule has 0 amide bonds. The summed E-state index contributed by atoms with van der Waals surface area (Å²) in [6, 6.07) is 18.1. The van der Waals surface area contributed by atoms with Crippen LogP contribution in [0.25, 0.3) is 0 Å². The lowest BCUT2D eigenvalue weighted by atomic mass is 10.0. The van der Waals surface area contributed by atoms with E-state index >= 15 is 0 Å². The van der Waals surface area contributed by atoms with Gasteiger partial charge >= 0.3 is 0 Å². The Morgan fingerprint density at radius 1 is 1.07 bits per heavy atom. The maximum Gasteiger partial charge on any atom is 0.191 e. The van der Waals surface area contributed by atoms with Gasteiger partial charge < -0.3 is 9.30 Å². The fourth-order valence-electron chi connectivity index (χ4n) is 3.09. The van der Waals surface area contributed by atoms with Crippen LogP contribution in [0.2, 0.25) is 0 Å². The Morgan fingerprint density at radius 2 is 1.79 bits per heavy atom. The summed E-state index contributed by atoms with van der Waals surface area (Å²) in [5, 5.41) is 18.9. The van der Waals surface area contributed by atoms with Crippen molar-refractivity contribution in [1.29, 1.82) is 5.26 Å². The van der Waals surface area contributed by atoms with Gasteiger partial charge in [-0.25, -0.2) is 0 Å². The van der Waals surface area contributed by atoms with Crippen LogP contribution in [-0.2, 0) is 12.3 Å². The van der Waals surface area contributed by atoms with E-state index in [4.69, 9.17) is 4.74 Å². The van der Waals surface area contributed by atoms with Crippen molar-refractivity contribution in [2.24, 2.45) is 0 Å². The number of hydrogen-bond donors (Lipinski definition) is 0. The number of rotatable bonds is 8. The van der Waals surface area contributed by atoms with Gasteiger partial charge in [0, 0.05) is 12.3 Å². The minimum atomic E-state index is -0.215. The van der Waals surface area contributed by atoms with Gasteiger partial charge in [0.25, 0.3) is 0 Å². The molecule has 29 heavy (non-hydrogen) atoms. The van der Waals surface area contributed by atoms with E-state index in [-0.39, 0.29) is 6.10 Å². The molecule has 5 nitrogen and oxygen atoms in total. The number of hydrogen-bond acceptors (Lipinski definition) is 5. The Bertz CT molecular complexity index is 989. The molecule has 1 heterocycles. The summed E-state index contributed by atoms with van der Waals surface area (Å²) in [5.41, 5.74) is 2.99. The first kappa shape index (κ1) is 20.9. The molecular formula is C23H26N4OS. The van der Waals surface area contributed by atoms with Gasteiger partial charge in [-0.05, 0) is 49.1 Å². The highest BCUT2D eigenvalue weighted by Gasteiger charge is 2.19. The van der Waals surface area contributed by atoms with Gasteiger partial charge in [0.2, 0.25) is 0 Å². The molecule has 0 aliphatic heterocycles. The molecule has 0 bridgehead atoms. The van der Waals surface area contributed by atoms with E-state index in [1.54, 1.807) is 11.8 Å². The molecule has 3 aromatic rings. The molecule has 0 radical (unpaired) electrons. The van der Waals surface area contributed by atoms with Crippen molar-refractivity contribution in [3.8, 4) is 11.8 Å². The van der Waals surface area contributed by atoms with Crippen LogP contribution in [-0.4, -0.2) is 14.8 Å². The Hall–Kier alpha value is -2.78. The van der Waals surface area contributed by atoms with E-state index in [1.807, 2.05) is 43.3 Å². The normalized spacial score (nSPS) is 12.0. The van der Waals surface area contributed by atoms with Crippen LogP contribution in [0.4, 0.5) is 0 Å². The highest BCUT2D eigenvalue weighted by Crippen LogP contribution is 2.28. The van der Waals surface area contributed by atoms with Gasteiger partial charge in [-0.15, -0.1) is 10.2 Å². The molecule has 0 saturated carbocycles. The summed E-state index contributed by atoms with van der Waals surface area (Å²) in [7, 11) is 0. The maximum absolute atomic E-state index is 9.27. The molecule has 1 atom stereocenters. The van der Waals surface area contributed by atoms with E-state index in [0.717, 1.165) is 28.8 Å². The van der Waals surface area contributed by atoms with Crippen LogP contribution >= 0.6 is 11.8 Å². The zero-order valence-corrected chi connectivity index (χ0v) is 18.1. The third-order valence-corrected chi connectivity index (χ3v) is 5.80. The average Bonchev–Trinajstić information content (AvgIpc) is 3.15. The summed E-state index contributed by atoms with van der Waals surface area (Å²) in [6.45, 7) is 9.17. The molecule has 0 spiro atoms. The van der Waals surface area contributed by atoms with E-state index in [2.05, 4.69) is 53.7 Å². The summed E-state index contributed by atoms with van der Waals surface area (Å²) in [5.74, 6) is 2.80. The molecular weight excluding hydrogens is 380 g/mol. The molecule has 0 aliphatic rings. The van der Waals surface area contributed by atoms with E-state index in [0.29, 0.717) is 17.2 Å². The summed E-state index contributed by atoms with van der Waals surface area (Å²) in [4.78, 5) is 0. The van der Waals surface area contributed by atoms with Gasteiger partial charge in [-0.3, -0.25) is 0 Å². The molecule has 2 aromatic carbocycles. The van der Waals surface area contributed by atoms with Crippen molar-refractivity contribution >= 4 is 11.8 Å². The highest BCUT2D eigenvalue weighted by molar-refractivity contribution is 7.98. The molecule has 0 saturated heterocycles. The van der Waals surface area contributed by atoms with Gasteiger partial charge in [-0.1, -0.05) is 55.9 Å². The summed E-state index contributed by atoms with van der Waals surface area (Å²) >= 11 is 1.59. The largest absolute Gasteiger partial charge is 0.483 e. The Labute approximate surface area is 176 Å². The van der Waals surface area contributed by atoms with Crippen LogP contribution < -0.4 is 4.74 Å². The van der Waals surface area contributed by atoms with Crippen molar-refractivity contribution in [1.82, 2.24) is 14.8 Å². The Balaban J connectivity index is 1.72. The van der Waals surface area contributed by atoms with E-state index < -0.39 is 0 Å². The number of ether oxygens (including phenoxy) is 1. The fraction of sp³-hybridized carbons (Fsp3) is 0.348. The first-order valence-electron chi connectivity index (χ1n) is 9.84. The Morgan fingerprint density at radius 3 is 2.45 bits per heavy atom. The quantitative estimate of drug-likeness (QED) is 0.447. The number of thioether (sulfide) groups is 1. The third kappa shape index (κ3) is 4.99. The highest BCUT2D eigenvalue weighted by atomic mass is 32.2. The van der Waals surface area contributed by atoms with Gasteiger partial charge in [-0.2, -0.15) is 5.26 Å². The van der Waals surface area contributed by atoms with Crippen molar-refractivity contribution in [3.63, 3.8) is 0 Å². The Kier molecular flexibility index (Phi) is 6.95. The lowest BCUT2D eigenvalue weighted by Gasteiger charge is -2.16. The second-order valence-corrected chi connectivity index (χ2v) is 8.07. The van der Waals surface area contributed by atoms with Crippen LogP contribution in [0.3, 0.4) is 0 Å². The van der Waals surface area contributed by atoms with E-state index in [1.165, 1.54) is 5.56 Å². The van der Waals surface area contributed by atoms with Crippen LogP contribution in [0.5, 0.6) is 5.75 Å². The SMILES string of the molecule is CCn1c(SCc2ccccc2C#N)nnc1C(C)Oc1ccc(C(C)C)cc1. The lowest BCUT2D eigenvalue weighted by molar-refractivity contribution is 0.210. The van der Waals surface area contributed by atoms with Gasteiger partial charge in [0.05, 0.1) is 11.6 Å². The van der Waals surface area contributed by atoms with Crippen molar-refractivity contribution in [3.05, 3.63) is 71.0 Å². The van der Waals surface area contributed by atoms with Crippen LogP contribution in [0, 0.1) is 11.3 Å². The van der Waals surface area contributed by atoms with Crippen molar-refractivity contribution in [2.45, 2.75) is 57.2 Å². The number of benzene rings is 2. The second-order valence-electron chi connectivity index (χ2n) is 7.13. The average molecular weight is 407 g/mol. The standard InChI is InChI=1S/C23H26N4OS/c1-5-27-22(17(4)28-21-12-10-18(11-13-21)16(2)3)25-26-23(27)29-15-20-9-7-6-8-19(20)14-24/h6-13,16-17H,5,15H2,1-4H3. The maximum atomic E-state index is 9.27. The van der Waals surface area contributed by atoms with E-state index in [9.17, 15) is 5.26 Å². The minimum absolute atomic E-state index is 0.215. The predicted octanol–water partition coefficient (Wildman–Crippen LogP) is 5.73. The first-order chi connectivity index (χ1) is 14.0. The zero-order valence-electron chi connectivity index (χ0n) is 17.3. The van der Waals surface area contributed by atoms with Crippen molar-refractivity contribution in [2.75, 3.05) is 0 Å². The topological polar surface area (TPSA) is 63.7 Å². The second kappa shape index (κ2) is 9.62. The summed E-state index contributed by atoms with van der Waals surface area (Å²) < 4.78 is 8.19. The molecule has 6 heteroatoms. The van der Waals surface area contributed by atoms with Crippen molar-refractivity contribution < 1.29 is 4.74 Å². The molecule has 3 rings (SSSR count). The minimum Gasteiger partial charge on any atom is -0.483 e. The smallest absolute Gasteiger partial charge is 0.191 e. The molecule has 0 N–H and O–H groups in total. The molecule has 0 fully saturated rings. The first-order valence-corrected chi connectivity index (χ1v) is 10.8. The molecule has 1 aromatic heterocycles.